The van der Waals surface area contributed by atoms with Crippen LogP contribution in [0.2, 0.25) is 0 Å². The van der Waals surface area contributed by atoms with Gasteiger partial charge in [0, 0.05) is 38.6 Å². The first kappa shape index (κ1) is 18.2. The van der Waals surface area contributed by atoms with Crippen LogP contribution < -0.4 is 0 Å². The van der Waals surface area contributed by atoms with E-state index in [9.17, 15) is 23.4 Å². The second-order valence-electron chi connectivity index (χ2n) is 7.75. The van der Waals surface area contributed by atoms with Crippen LogP contribution in [0.5, 0.6) is 5.75 Å². The second-order valence-corrected chi connectivity index (χ2v) is 9.73. The molecule has 2 saturated heterocycles. The Morgan fingerprint density at radius 2 is 1.85 bits per heavy atom. The molecule has 2 aliphatic heterocycles. The van der Waals surface area contributed by atoms with Gasteiger partial charge in [-0.05, 0) is 34.5 Å². The molecule has 0 bridgehead atoms. The molecule has 0 aliphatic carbocycles. The van der Waals surface area contributed by atoms with Crippen molar-refractivity contribution in [1.29, 1.82) is 0 Å². The molecular weight excluding hydrogens is 368 g/mol. The van der Waals surface area contributed by atoms with Crippen LogP contribution in [-0.4, -0.2) is 66.2 Å². The Morgan fingerprint density at radius 1 is 1.15 bits per heavy atom. The van der Waals surface area contributed by atoms with E-state index in [2.05, 4.69) is 4.90 Å². The van der Waals surface area contributed by atoms with Gasteiger partial charge in [-0.25, -0.2) is 12.7 Å². The molecule has 2 N–H and O–H groups in total. The van der Waals surface area contributed by atoms with E-state index in [4.69, 9.17) is 0 Å². The third-order valence-corrected chi connectivity index (χ3v) is 7.05. The average Bonchev–Trinajstić information content (AvgIpc) is 3.10. The van der Waals surface area contributed by atoms with E-state index in [1.807, 2.05) is 24.3 Å². The maximum Gasteiger partial charge on any atom is 0.312 e. The van der Waals surface area contributed by atoms with Gasteiger partial charge in [0.25, 0.3) is 0 Å². The molecule has 2 atom stereocenters. The standard InChI is InChI=1S/C19H22N2O5S/c1-27(25,26)21-10-16-9-20(11-19(16,12-21)18(23)24)8-13-2-3-15-7-17(22)5-4-14(15)6-13/h2-7,16,22H,8-12H2,1H3,(H,23,24)/t16-,19-/m1/s1. The van der Waals surface area contributed by atoms with Crippen LogP contribution in [0.15, 0.2) is 36.4 Å². The minimum atomic E-state index is -3.39. The molecule has 144 valence electrons. The van der Waals surface area contributed by atoms with Gasteiger partial charge >= 0.3 is 5.97 Å². The summed E-state index contributed by atoms with van der Waals surface area (Å²) in [4.78, 5) is 14.1. The first-order valence-corrected chi connectivity index (χ1v) is 10.6. The number of fused-ring (bicyclic) bond motifs is 2. The van der Waals surface area contributed by atoms with Gasteiger partial charge in [-0.1, -0.05) is 18.2 Å². The zero-order valence-corrected chi connectivity index (χ0v) is 15.8. The molecule has 0 radical (unpaired) electrons. The minimum Gasteiger partial charge on any atom is -0.508 e. The molecule has 0 amide bonds. The maximum atomic E-state index is 12.0. The summed E-state index contributed by atoms with van der Waals surface area (Å²) in [6, 6.07) is 11.2. The summed E-state index contributed by atoms with van der Waals surface area (Å²) in [5, 5.41) is 21.4. The lowest BCUT2D eigenvalue weighted by atomic mass is 9.81. The molecule has 27 heavy (non-hydrogen) atoms. The molecule has 2 heterocycles. The summed E-state index contributed by atoms with van der Waals surface area (Å²) in [5.74, 6) is -0.904. The lowest BCUT2D eigenvalue weighted by Gasteiger charge is -2.24. The lowest BCUT2D eigenvalue weighted by molar-refractivity contribution is -0.148. The number of carboxylic acid groups (broad SMARTS) is 1. The molecule has 0 saturated carbocycles. The molecule has 2 aromatic rings. The number of carbonyl (C=O) groups is 1. The van der Waals surface area contributed by atoms with Crippen molar-refractivity contribution in [3.8, 4) is 5.75 Å². The highest BCUT2D eigenvalue weighted by Gasteiger charge is 2.59. The van der Waals surface area contributed by atoms with Crippen molar-refractivity contribution in [2.75, 3.05) is 32.4 Å². The van der Waals surface area contributed by atoms with E-state index >= 15 is 0 Å². The molecule has 2 fully saturated rings. The first-order valence-electron chi connectivity index (χ1n) is 8.80. The van der Waals surface area contributed by atoms with E-state index in [1.165, 1.54) is 4.31 Å². The van der Waals surface area contributed by atoms with Crippen LogP contribution in [0.3, 0.4) is 0 Å². The van der Waals surface area contributed by atoms with Crippen LogP contribution in [0.25, 0.3) is 10.8 Å². The number of likely N-dealkylation sites (tertiary alicyclic amines) is 1. The Hall–Kier alpha value is -2.16. The average molecular weight is 390 g/mol. The van der Waals surface area contributed by atoms with E-state index in [0.29, 0.717) is 19.6 Å². The van der Waals surface area contributed by atoms with Crippen LogP contribution in [0, 0.1) is 11.3 Å². The molecule has 2 aromatic carbocycles. The van der Waals surface area contributed by atoms with Crippen molar-refractivity contribution in [2.24, 2.45) is 11.3 Å². The monoisotopic (exact) mass is 390 g/mol. The number of phenolic OH excluding ortho intramolecular Hbond substituents is 1. The molecule has 7 nitrogen and oxygen atoms in total. The highest BCUT2D eigenvalue weighted by Crippen LogP contribution is 2.44. The van der Waals surface area contributed by atoms with Crippen molar-refractivity contribution in [3.05, 3.63) is 42.0 Å². The number of aromatic hydroxyl groups is 1. The van der Waals surface area contributed by atoms with Crippen molar-refractivity contribution in [1.82, 2.24) is 9.21 Å². The number of nitrogens with zero attached hydrogens (tertiary/aromatic N) is 2. The molecule has 0 unspecified atom stereocenters. The fourth-order valence-electron chi connectivity index (χ4n) is 4.44. The summed E-state index contributed by atoms with van der Waals surface area (Å²) in [5.41, 5.74) is 0.0276. The van der Waals surface area contributed by atoms with Gasteiger partial charge in [0.1, 0.15) is 5.75 Å². The largest absolute Gasteiger partial charge is 0.508 e. The second kappa shape index (κ2) is 6.19. The van der Waals surface area contributed by atoms with Crippen molar-refractivity contribution in [2.45, 2.75) is 6.54 Å². The first-order chi connectivity index (χ1) is 12.7. The van der Waals surface area contributed by atoms with E-state index in [0.717, 1.165) is 22.6 Å². The third-order valence-electron chi connectivity index (χ3n) is 5.84. The van der Waals surface area contributed by atoms with Crippen molar-refractivity contribution in [3.63, 3.8) is 0 Å². The smallest absolute Gasteiger partial charge is 0.312 e. The summed E-state index contributed by atoms with van der Waals surface area (Å²) < 4.78 is 25.0. The number of aliphatic carboxylic acids is 1. The molecule has 0 spiro atoms. The fourth-order valence-corrected chi connectivity index (χ4v) is 5.35. The van der Waals surface area contributed by atoms with Gasteiger partial charge in [-0.2, -0.15) is 0 Å². The molecule has 8 heteroatoms. The van der Waals surface area contributed by atoms with Gasteiger partial charge < -0.3 is 10.2 Å². The number of phenols is 1. The van der Waals surface area contributed by atoms with Gasteiger partial charge in [0.2, 0.25) is 10.0 Å². The van der Waals surface area contributed by atoms with Crippen molar-refractivity contribution < 1.29 is 23.4 Å². The molecule has 4 rings (SSSR count). The zero-order chi connectivity index (χ0) is 19.4. The van der Waals surface area contributed by atoms with Gasteiger partial charge in [-0.3, -0.25) is 9.69 Å². The number of rotatable bonds is 4. The SMILES string of the molecule is CS(=O)(=O)N1C[C@H]2CN(Cc3ccc4cc(O)ccc4c3)C[C@@]2(C(=O)O)C1. The number of benzene rings is 2. The molecular formula is C19H22N2O5S. The Labute approximate surface area is 157 Å². The van der Waals surface area contributed by atoms with Gasteiger partial charge in [0.15, 0.2) is 0 Å². The Balaban J connectivity index is 1.54. The maximum absolute atomic E-state index is 12.0. The van der Waals surface area contributed by atoms with Crippen molar-refractivity contribution >= 4 is 26.8 Å². The quantitative estimate of drug-likeness (QED) is 0.817. The van der Waals surface area contributed by atoms with Gasteiger partial charge in [0.05, 0.1) is 11.7 Å². The lowest BCUT2D eigenvalue weighted by Crippen LogP contribution is -2.41. The fraction of sp³-hybridized carbons (Fsp3) is 0.421. The Morgan fingerprint density at radius 3 is 2.52 bits per heavy atom. The predicted molar refractivity (Wildman–Crippen MR) is 101 cm³/mol. The Kier molecular flexibility index (Phi) is 4.17. The number of sulfonamides is 1. The molecule has 2 aliphatic rings. The van der Waals surface area contributed by atoms with E-state index < -0.39 is 21.4 Å². The highest BCUT2D eigenvalue weighted by atomic mass is 32.2. The van der Waals surface area contributed by atoms with Crippen LogP contribution >= 0.6 is 0 Å². The zero-order valence-electron chi connectivity index (χ0n) is 15.0. The minimum absolute atomic E-state index is 0.0410. The number of hydrogen-bond acceptors (Lipinski definition) is 5. The third kappa shape index (κ3) is 3.18. The highest BCUT2D eigenvalue weighted by molar-refractivity contribution is 7.88. The normalized spacial score (nSPS) is 26.5. The summed E-state index contributed by atoms with van der Waals surface area (Å²) >= 11 is 0. The number of carboxylic acids is 1. The predicted octanol–water partition coefficient (Wildman–Crippen LogP) is 1.32. The summed E-state index contributed by atoms with van der Waals surface area (Å²) in [6.45, 7) is 1.82. The summed E-state index contributed by atoms with van der Waals surface area (Å²) in [6.07, 6.45) is 1.13. The summed E-state index contributed by atoms with van der Waals surface area (Å²) in [7, 11) is -3.39. The van der Waals surface area contributed by atoms with Crippen LogP contribution in [0.1, 0.15) is 5.56 Å². The van der Waals surface area contributed by atoms with Crippen LogP contribution in [-0.2, 0) is 21.4 Å². The van der Waals surface area contributed by atoms with Crippen LogP contribution in [0.4, 0.5) is 0 Å². The van der Waals surface area contributed by atoms with E-state index in [-0.39, 0.29) is 24.8 Å². The van der Waals surface area contributed by atoms with E-state index in [1.54, 1.807) is 12.1 Å². The molecule has 0 aromatic heterocycles. The number of hydrogen-bond donors (Lipinski definition) is 2. The topological polar surface area (TPSA) is 98.2 Å². The Bertz CT molecular complexity index is 1020. The van der Waals surface area contributed by atoms with Gasteiger partial charge in [-0.15, -0.1) is 0 Å².